The highest BCUT2D eigenvalue weighted by molar-refractivity contribution is 5.88. The topological polar surface area (TPSA) is 101 Å². The molecular formula is C24H28N6O3. The Kier molecular flexibility index (Phi) is 6.99. The zero-order valence-electron chi connectivity index (χ0n) is 18.8. The molecule has 2 amide bonds. The Balaban J connectivity index is 1.40. The van der Waals surface area contributed by atoms with Gasteiger partial charge in [-0.25, -0.2) is 9.67 Å². The van der Waals surface area contributed by atoms with E-state index in [-0.39, 0.29) is 18.2 Å². The predicted molar refractivity (Wildman–Crippen MR) is 123 cm³/mol. The van der Waals surface area contributed by atoms with Gasteiger partial charge < -0.3 is 15.4 Å². The molecule has 172 valence electrons. The fourth-order valence-corrected chi connectivity index (χ4v) is 4.10. The van der Waals surface area contributed by atoms with Gasteiger partial charge >= 0.3 is 0 Å². The van der Waals surface area contributed by atoms with Gasteiger partial charge in [-0.1, -0.05) is 30.3 Å². The van der Waals surface area contributed by atoms with E-state index in [1.165, 1.54) is 6.33 Å². The standard InChI is InChI=1S/C24H28N6O3/c1-17-11-18(7-8-22(17)33-2)14-29-10-9-26-24(32)21(29)12-23(31)27-13-19-5-3-4-6-20(19)30-16-25-15-28-30/h3-8,11,15-16,21H,9-10,12-14H2,1-2H3,(H,26,32)(H,27,31)/t21-/m0/s1. The second kappa shape index (κ2) is 10.3. The van der Waals surface area contributed by atoms with Crippen LogP contribution in [0.3, 0.4) is 0 Å². The molecule has 33 heavy (non-hydrogen) atoms. The number of nitrogens with one attached hydrogen (secondary N) is 2. The van der Waals surface area contributed by atoms with E-state index in [2.05, 4.69) is 31.7 Å². The summed E-state index contributed by atoms with van der Waals surface area (Å²) in [4.78, 5) is 31.4. The molecule has 1 aliphatic heterocycles. The van der Waals surface area contributed by atoms with Gasteiger partial charge in [-0.2, -0.15) is 5.10 Å². The Morgan fingerprint density at radius 2 is 2.12 bits per heavy atom. The summed E-state index contributed by atoms with van der Waals surface area (Å²) in [6.07, 6.45) is 3.17. The van der Waals surface area contributed by atoms with Gasteiger partial charge in [-0.05, 0) is 35.7 Å². The predicted octanol–water partition coefficient (Wildman–Crippen LogP) is 1.59. The van der Waals surface area contributed by atoms with Crippen LogP contribution >= 0.6 is 0 Å². The Hall–Kier alpha value is -3.72. The number of aryl methyl sites for hydroxylation is 1. The van der Waals surface area contributed by atoms with Gasteiger partial charge in [0.15, 0.2) is 0 Å². The minimum Gasteiger partial charge on any atom is -0.496 e. The number of nitrogens with zero attached hydrogens (tertiary/aromatic N) is 4. The number of rotatable bonds is 8. The molecule has 0 bridgehead atoms. The van der Waals surface area contributed by atoms with Crippen molar-refractivity contribution in [3.63, 3.8) is 0 Å². The summed E-state index contributed by atoms with van der Waals surface area (Å²) in [6, 6.07) is 13.1. The number of piperazine rings is 1. The lowest BCUT2D eigenvalue weighted by Gasteiger charge is -2.34. The molecule has 9 heteroatoms. The van der Waals surface area contributed by atoms with E-state index in [0.29, 0.717) is 26.2 Å². The first-order valence-electron chi connectivity index (χ1n) is 10.9. The van der Waals surface area contributed by atoms with Gasteiger partial charge in [-0.15, -0.1) is 0 Å². The van der Waals surface area contributed by atoms with Crippen molar-refractivity contribution in [1.82, 2.24) is 30.3 Å². The van der Waals surface area contributed by atoms with Crippen molar-refractivity contribution in [1.29, 1.82) is 0 Å². The van der Waals surface area contributed by atoms with Crippen molar-refractivity contribution in [2.24, 2.45) is 0 Å². The third kappa shape index (κ3) is 5.38. The molecule has 3 aromatic rings. The first kappa shape index (κ1) is 22.5. The van der Waals surface area contributed by atoms with Crippen LogP contribution in [-0.4, -0.2) is 57.7 Å². The van der Waals surface area contributed by atoms with Crippen LogP contribution in [0.4, 0.5) is 0 Å². The molecule has 4 rings (SSSR count). The van der Waals surface area contributed by atoms with Crippen LogP contribution in [0.15, 0.2) is 55.1 Å². The quantitative estimate of drug-likeness (QED) is 0.543. The maximum atomic E-state index is 12.8. The fourth-order valence-electron chi connectivity index (χ4n) is 4.10. The zero-order valence-corrected chi connectivity index (χ0v) is 18.8. The second-order valence-corrected chi connectivity index (χ2v) is 8.03. The summed E-state index contributed by atoms with van der Waals surface area (Å²) in [6.45, 7) is 4.17. The first-order chi connectivity index (χ1) is 16.0. The molecule has 2 N–H and O–H groups in total. The highest BCUT2D eigenvalue weighted by Crippen LogP contribution is 2.21. The van der Waals surface area contributed by atoms with Crippen LogP contribution in [-0.2, 0) is 22.7 Å². The van der Waals surface area contributed by atoms with Crippen molar-refractivity contribution in [2.45, 2.75) is 32.5 Å². The molecule has 9 nitrogen and oxygen atoms in total. The Morgan fingerprint density at radius 3 is 2.88 bits per heavy atom. The van der Waals surface area contributed by atoms with Crippen LogP contribution in [0.1, 0.15) is 23.1 Å². The summed E-state index contributed by atoms with van der Waals surface area (Å²) in [5, 5.41) is 10.0. The van der Waals surface area contributed by atoms with Gasteiger partial charge in [0.2, 0.25) is 11.8 Å². The van der Waals surface area contributed by atoms with Gasteiger partial charge in [0, 0.05) is 26.2 Å². The lowest BCUT2D eigenvalue weighted by Crippen LogP contribution is -2.56. The number of hydrogen-bond donors (Lipinski definition) is 2. The molecular weight excluding hydrogens is 420 g/mol. The molecule has 2 heterocycles. The highest BCUT2D eigenvalue weighted by Gasteiger charge is 2.31. The molecule has 1 atom stereocenters. The van der Waals surface area contributed by atoms with E-state index >= 15 is 0 Å². The van der Waals surface area contributed by atoms with E-state index in [9.17, 15) is 9.59 Å². The second-order valence-electron chi connectivity index (χ2n) is 8.03. The molecule has 2 aromatic carbocycles. The summed E-state index contributed by atoms with van der Waals surface area (Å²) in [5.41, 5.74) is 3.88. The molecule has 0 spiro atoms. The minimum atomic E-state index is -0.522. The summed E-state index contributed by atoms with van der Waals surface area (Å²) in [5.74, 6) is 0.531. The van der Waals surface area contributed by atoms with E-state index in [4.69, 9.17) is 4.74 Å². The molecule has 1 aromatic heterocycles. The number of methoxy groups -OCH3 is 1. The lowest BCUT2D eigenvalue weighted by molar-refractivity contribution is -0.134. The number of aromatic nitrogens is 3. The molecule has 0 unspecified atom stereocenters. The number of benzene rings is 2. The van der Waals surface area contributed by atoms with Crippen LogP contribution in [0, 0.1) is 6.92 Å². The number of hydrogen-bond acceptors (Lipinski definition) is 6. The zero-order chi connectivity index (χ0) is 23.2. The maximum absolute atomic E-state index is 12.8. The van der Waals surface area contributed by atoms with Crippen LogP contribution < -0.4 is 15.4 Å². The van der Waals surface area contributed by atoms with Crippen molar-refractivity contribution in [3.8, 4) is 11.4 Å². The third-order valence-corrected chi connectivity index (χ3v) is 5.80. The smallest absolute Gasteiger partial charge is 0.237 e. The van der Waals surface area contributed by atoms with Crippen LogP contribution in [0.2, 0.25) is 0 Å². The number of carbonyl (C=O) groups excluding carboxylic acids is 2. The van der Waals surface area contributed by atoms with Gasteiger partial charge in [0.05, 0.1) is 25.3 Å². The summed E-state index contributed by atoms with van der Waals surface area (Å²) >= 11 is 0. The van der Waals surface area contributed by atoms with Gasteiger partial charge in [0.1, 0.15) is 18.4 Å². The molecule has 1 saturated heterocycles. The number of carbonyl (C=O) groups is 2. The van der Waals surface area contributed by atoms with Crippen molar-refractivity contribution >= 4 is 11.8 Å². The molecule has 1 fully saturated rings. The van der Waals surface area contributed by atoms with E-state index in [1.54, 1.807) is 18.1 Å². The monoisotopic (exact) mass is 448 g/mol. The van der Waals surface area contributed by atoms with Crippen LogP contribution in [0.25, 0.3) is 5.69 Å². The SMILES string of the molecule is COc1ccc(CN2CCNC(=O)[C@@H]2CC(=O)NCc2ccccc2-n2cncn2)cc1C. The normalized spacial score (nSPS) is 16.3. The largest absolute Gasteiger partial charge is 0.496 e. The molecule has 0 aliphatic carbocycles. The number of para-hydroxylation sites is 1. The van der Waals surface area contributed by atoms with Gasteiger partial charge in [-0.3, -0.25) is 14.5 Å². The summed E-state index contributed by atoms with van der Waals surface area (Å²) < 4.78 is 7.00. The average molecular weight is 449 g/mol. The summed E-state index contributed by atoms with van der Waals surface area (Å²) in [7, 11) is 1.65. The van der Waals surface area contributed by atoms with E-state index < -0.39 is 6.04 Å². The number of ether oxygens (including phenoxy) is 1. The molecule has 1 aliphatic rings. The lowest BCUT2D eigenvalue weighted by atomic mass is 10.0. The Bertz CT molecular complexity index is 1120. The third-order valence-electron chi connectivity index (χ3n) is 5.80. The number of amides is 2. The van der Waals surface area contributed by atoms with Crippen molar-refractivity contribution in [3.05, 3.63) is 71.8 Å². The average Bonchev–Trinajstić information content (AvgIpc) is 3.35. The van der Waals surface area contributed by atoms with E-state index in [1.807, 2.05) is 43.3 Å². The van der Waals surface area contributed by atoms with Crippen molar-refractivity contribution < 1.29 is 14.3 Å². The Labute approximate surface area is 192 Å². The Morgan fingerprint density at radius 1 is 1.27 bits per heavy atom. The molecule has 0 saturated carbocycles. The molecule has 0 radical (unpaired) electrons. The van der Waals surface area contributed by atoms with E-state index in [0.717, 1.165) is 28.1 Å². The van der Waals surface area contributed by atoms with Crippen molar-refractivity contribution in [2.75, 3.05) is 20.2 Å². The van der Waals surface area contributed by atoms with Gasteiger partial charge in [0.25, 0.3) is 0 Å². The van der Waals surface area contributed by atoms with Crippen LogP contribution in [0.5, 0.6) is 5.75 Å². The maximum Gasteiger partial charge on any atom is 0.237 e. The highest BCUT2D eigenvalue weighted by atomic mass is 16.5. The fraction of sp³-hybridized carbons (Fsp3) is 0.333. The first-order valence-corrected chi connectivity index (χ1v) is 10.9. The minimum absolute atomic E-state index is 0.0897.